The van der Waals surface area contributed by atoms with E-state index in [1.54, 1.807) is 10.9 Å². The van der Waals surface area contributed by atoms with Crippen LogP contribution in [0.3, 0.4) is 0 Å². The summed E-state index contributed by atoms with van der Waals surface area (Å²) in [6.45, 7) is 0. The molecule has 3 heterocycles. The van der Waals surface area contributed by atoms with E-state index in [0.717, 1.165) is 11.1 Å². The molecule has 0 saturated carbocycles. The fourth-order valence-electron chi connectivity index (χ4n) is 1.25. The monoisotopic (exact) mass is 159 g/mol. The number of hydrogen-bond acceptors (Lipinski definition) is 2. The zero-order valence-corrected chi connectivity index (χ0v) is 6.14. The highest BCUT2D eigenvalue weighted by Gasteiger charge is 2.13. The smallest absolute Gasteiger partial charge is 0.312 e. The van der Waals surface area contributed by atoms with E-state index in [1.807, 2.05) is 29.0 Å². The Morgan fingerprint density at radius 1 is 1.58 bits per heavy atom. The zero-order chi connectivity index (χ0) is 7.97. The number of pyridine rings is 1. The summed E-state index contributed by atoms with van der Waals surface area (Å²) in [6.07, 6.45) is 8.24. The fraction of sp³-hybridized carbons (Fsp3) is 0. The molecule has 12 heavy (non-hydrogen) atoms. The summed E-state index contributed by atoms with van der Waals surface area (Å²) in [5.41, 5.74) is 1.63. The van der Waals surface area contributed by atoms with Crippen LogP contribution in [0.4, 0.5) is 0 Å². The summed E-state index contributed by atoms with van der Waals surface area (Å²) in [6, 6.07) is 3.70. The summed E-state index contributed by atoms with van der Waals surface area (Å²) in [4.78, 5) is 3.90. The Labute approximate surface area is 67.6 Å². The largest absolute Gasteiger partial charge is 0.321 e. The van der Waals surface area contributed by atoms with Crippen LogP contribution in [0.5, 0.6) is 0 Å². The van der Waals surface area contributed by atoms with Gasteiger partial charge in [0.25, 0.3) is 0 Å². The standard InChI is InChI=1S/C8H5N3O/c1-4-10-7-6-9-3-2-8(7)12-11(10)5-1/h1-5H/q+1. The molecule has 1 radical (unpaired) electrons. The molecule has 0 amide bonds. The molecule has 0 spiro atoms. The minimum absolute atomic E-state index is 0.783. The third-order valence-corrected chi connectivity index (χ3v) is 1.78. The number of aromatic nitrogens is 3. The van der Waals surface area contributed by atoms with Crippen molar-refractivity contribution in [1.82, 2.24) is 9.67 Å². The highest BCUT2D eigenvalue weighted by atomic mass is 16.5. The maximum Gasteiger partial charge on any atom is 0.312 e. The number of hydrogen-bond donors (Lipinski definition) is 0. The first-order chi connectivity index (χ1) is 5.95. The predicted octanol–water partition coefficient (Wildman–Crippen LogP) is 0.466. The molecule has 0 atom stereocenters. The maximum atomic E-state index is 5.40. The molecule has 0 unspecified atom stereocenters. The van der Waals surface area contributed by atoms with Crippen LogP contribution in [0.1, 0.15) is 0 Å². The zero-order valence-electron chi connectivity index (χ0n) is 6.14. The average Bonchev–Trinajstić information content (AvgIpc) is 2.62. The van der Waals surface area contributed by atoms with Crippen molar-refractivity contribution in [3.63, 3.8) is 0 Å². The van der Waals surface area contributed by atoms with E-state index in [9.17, 15) is 0 Å². The summed E-state index contributed by atoms with van der Waals surface area (Å²) >= 11 is 0. The van der Waals surface area contributed by atoms with Gasteiger partial charge in [0, 0.05) is 23.0 Å². The first-order valence-electron chi connectivity index (χ1n) is 3.60. The van der Waals surface area contributed by atoms with Gasteiger partial charge in [0.05, 0.1) is 0 Å². The SMILES string of the molecule is [c]1nccc2on3ccc[n+]3c12. The summed E-state index contributed by atoms with van der Waals surface area (Å²) in [7, 11) is 0. The lowest BCUT2D eigenvalue weighted by molar-refractivity contribution is -0.608. The fourth-order valence-corrected chi connectivity index (χ4v) is 1.25. The van der Waals surface area contributed by atoms with Crippen LogP contribution in [0, 0.1) is 6.20 Å². The third-order valence-electron chi connectivity index (χ3n) is 1.78. The Morgan fingerprint density at radius 3 is 3.58 bits per heavy atom. The van der Waals surface area contributed by atoms with Gasteiger partial charge in [-0.05, 0) is 4.52 Å². The van der Waals surface area contributed by atoms with Gasteiger partial charge in [-0.2, -0.15) is 0 Å². The van der Waals surface area contributed by atoms with E-state index in [1.165, 1.54) is 0 Å². The highest BCUT2D eigenvalue weighted by Crippen LogP contribution is 2.05. The van der Waals surface area contributed by atoms with Gasteiger partial charge in [0.15, 0.2) is 6.20 Å². The molecule has 4 nitrogen and oxygen atoms in total. The quantitative estimate of drug-likeness (QED) is 0.447. The average molecular weight is 159 g/mol. The summed E-state index contributed by atoms with van der Waals surface area (Å²) in [5, 5.41) is 0. The molecule has 0 aliphatic rings. The second kappa shape index (κ2) is 1.85. The predicted molar refractivity (Wildman–Crippen MR) is 39.5 cm³/mol. The normalized spacial score (nSPS) is 11.3. The van der Waals surface area contributed by atoms with Crippen molar-refractivity contribution in [2.45, 2.75) is 0 Å². The molecule has 0 aliphatic heterocycles. The van der Waals surface area contributed by atoms with E-state index in [0.29, 0.717) is 0 Å². The first-order valence-corrected chi connectivity index (χ1v) is 3.60. The van der Waals surface area contributed by atoms with E-state index in [4.69, 9.17) is 4.52 Å². The van der Waals surface area contributed by atoms with Crippen LogP contribution < -0.4 is 4.52 Å². The molecule has 0 N–H and O–H groups in total. The van der Waals surface area contributed by atoms with Crippen molar-refractivity contribution >= 4 is 11.1 Å². The Morgan fingerprint density at radius 2 is 2.58 bits per heavy atom. The molecule has 4 heteroatoms. The second-order valence-corrected chi connectivity index (χ2v) is 2.50. The molecule has 0 aromatic carbocycles. The van der Waals surface area contributed by atoms with Gasteiger partial charge in [-0.1, -0.05) is 0 Å². The van der Waals surface area contributed by atoms with Gasteiger partial charge in [0.2, 0.25) is 11.8 Å². The van der Waals surface area contributed by atoms with Crippen molar-refractivity contribution in [3.05, 3.63) is 36.9 Å². The van der Waals surface area contributed by atoms with Crippen LogP contribution >= 0.6 is 0 Å². The molecule has 0 saturated heterocycles. The van der Waals surface area contributed by atoms with E-state index in [2.05, 4.69) is 11.2 Å². The molecule has 57 valence electrons. The lowest BCUT2D eigenvalue weighted by atomic mass is 10.4. The summed E-state index contributed by atoms with van der Waals surface area (Å²) < 4.78 is 8.86. The van der Waals surface area contributed by atoms with Crippen molar-refractivity contribution in [1.29, 1.82) is 0 Å². The summed E-state index contributed by atoms with van der Waals surface area (Å²) in [5.74, 6) is 0. The van der Waals surface area contributed by atoms with Gasteiger partial charge in [-0.25, -0.2) is 4.98 Å². The minimum atomic E-state index is 0.783. The Kier molecular flexibility index (Phi) is 0.889. The lowest BCUT2D eigenvalue weighted by Crippen LogP contribution is -2.22. The highest BCUT2D eigenvalue weighted by molar-refractivity contribution is 5.65. The molecular formula is C8H5N3O+. The molecule has 3 aromatic heterocycles. The maximum absolute atomic E-state index is 5.40. The Bertz CT molecular complexity index is 536. The van der Waals surface area contributed by atoms with Crippen LogP contribution in [0.25, 0.3) is 11.1 Å². The molecular weight excluding hydrogens is 154 g/mol. The number of rotatable bonds is 0. The van der Waals surface area contributed by atoms with E-state index in [-0.39, 0.29) is 0 Å². The van der Waals surface area contributed by atoms with Crippen LogP contribution in [-0.4, -0.2) is 9.67 Å². The van der Waals surface area contributed by atoms with Crippen LogP contribution in [0.15, 0.2) is 35.2 Å². The van der Waals surface area contributed by atoms with Crippen molar-refractivity contribution in [3.8, 4) is 0 Å². The van der Waals surface area contributed by atoms with Gasteiger partial charge in [-0.3, -0.25) is 0 Å². The minimum Gasteiger partial charge on any atom is -0.321 e. The topological polar surface area (TPSA) is 34.5 Å². The molecule has 3 rings (SSSR count). The van der Waals surface area contributed by atoms with Crippen molar-refractivity contribution < 1.29 is 9.04 Å². The van der Waals surface area contributed by atoms with Crippen molar-refractivity contribution in [2.24, 2.45) is 0 Å². The van der Waals surface area contributed by atoms with Crippen LogP contribution in [-0.2, 0) is 0 Å². The van der Waals surface area contributed by atoms with Gasteiger partial charge < -0.3 is 4.52 Å². The lowest BCUT2D eigenvalue weighted by Gasteiger charge is -1.73. The van der Waals surface area contributed by atoms with E-state index >= 15 is 0 Å². The number of fused-ring (bicyclic) bond motifs is 3. The van der Waals surface area contributed by atoms with Gasteiger partial charge in [0.1, 0.15) is 6.20 Å². The third kappa shape index (κ3) is 0.567. The molecule has 3 aromatic rings. The molecule has 0 aliphatic carbocycles. The Balaban J connectivity index is 2.68. The van der Waals surface area contributed by atoms with Crippen molar-refractivity contribution in [2.75, 3.05) is 0 Å². The second-order valence-electron chi connectivity index (χ2n) is 2.50. The van der Waals surface area contributed by atoms with Gasteiger partial charge in [-0.15, -0.1) is 0 Å². The van der Waals surface area contributed by atoms with Gasteiger partial charge >= 0.3 is 5.52 Å². The Hall–Kier alpha value is -1.84. The first kappa shape index (κ1) is 5.77. The van der Waals surface area contributed by atoms with Crippen LogP contribution in [0.2, 0.25) is 0 Å². The van der Waals surface area contributed by atoms with E-state index < -0.39 is 0 Å². The number of nitrogens with zero attached hydrogens (tertiary/aromatic N) is 3. The molecule has 0 fully saturated rings. The molecule has 0 bridgehead atoms.